The molecule has 0 aliphatic carbocycles. The molecule has 0 bridgehead atoms. The van der Waals surface area contributed by atoms with Crippen molar-refractivity contribution in [3.8, 4) is 0 Å². The van der Waals surface area contributed by atoms with Gasteiger partial charge in [-0.05, 0) is 20.3 Å². The Kier molecular flexibility index (Phi) is 3.95. The largest absolute Gasteiger partial charge is 0.0862 e. The lowest BCUT2D eigenvalue weighted by Crippen LogP contribution is -2.18. The fraction of sp³-hybridized carbons (Fsp3) is 0.778. The third-order valence-corrected chi connectivity index (χ3v) is 3.24. The van der Waals surface area contributed by atoms with E-state index in [-0.39, 0.29) is 0 Å². The Bertz CT molecular complexity index is 113. The summed E-state index contributed by atoms with van der Waals surface area (Å²) >= 11 is 0. The molecule has 60 valence electrons. The molecule has 0 rings (SSSR count). The second kappa shape index (κ2) is 3.97. The van der Waals surface area contributed by atoms with Gasteiger partial charge in [0.05, 0.1) is 0 Å². The Labute approximate surface area is 66.4 Å². The molecule has 0 saturated carbocycles. The van der Waals surface area contributed by atoms with Gasteiger partial charge >= 0.3 is 0 Å². The van der Waals surface area contributed by atoms with Gasteiger partial charge in [0.25, 0.3) is 0 Å². The van der Waals surface area contributed by atoms with Crippen LogP contribution in [0, 0.1) is 0 Å². The van der Waals surface area contributed by atoms with E-state index in [1.54, 1.807) is 0 Å². The minimum absolute atomic E-state index is 0.769. The zero-order valence-corrected chi connectivity index (χ0v) is 8.99. The van der Waals surface area contributed by atoms with Crippen LogP contribution in [0.1, 0.15) is 20.3 Å². The molecule has 10 heavy (non-hydrogen) atoms. The fourth-order valence-electron chi connectivity index (χ4n) is 0.794. The lowest BCUT2D eigenvalue weighted by atomic mass is 10.3. The Balaban J connectivity index is 3.47. The van der Waals surface area contributed by atoms with Crippen LogP contribution in [0.4, 0.5) is 0 Å². The van der Waals surface area contributed by atoms with E-state index in [1.165, 1.54) is 18.0 Å². The van der Waals surface area contributed by atoms with Gasteiger partial charge < -0.3 is 0 Å². The van der Waals surface area contributed by atoms with E-state index in [9.17, 15) is 0 Å². The van der Waals surface area contributed by atoms with Crippen molar-refractivity contribution >= 4 is 8.07 Å². The molecule has 0 saturated heterocycles. The summed E-state index contributed by atoms with van der Waals surface area (Å²) in [6.07, 6.45) is 3.64. The van der Waals surface area contributed by atoms with Crippen LogP contribution < -0.4 is 0 Å². The molecule has 0 unspecified atom stereocenters. The summed E-state index contributed by atoms with van der Waals surface area (Å²) in [5, 5.41) is 0. The maximum absolute atomic E-state index is 2.42. The second-order valence-electron chi connectivity index (χ2n) is 4.38. The Morgan fingerprint density at radius 2 is 1.70 bits per heavy atom. The van der Waals surface area contributed by atoms with Crippen molar-refractivity contribution in [2.45, 2.75) is 46.0 Å². The molecule has 0 aromatic carbocycles. The van der Waals surface area contributed by atoms with E-state index in [2.05, 4.69) is 39.6 Å². The van der Waals surface area contributed by atoms with E-state index >= 15 is 0 Å². The monoisotopic (exact) mass is 156 g/mol. The van der Waals surface area contributed by atoms with Crippen molar-refractivity contribution < 1.29 is 0 Å². The van der Waals surface area contributed by atoms with Crippen molar-refractivity contribution in [2.24, 2.45) is 0 Å². The summed E-state index contributed by atoms with van der Waals surface area (Å²) in [6, 6.07) is 1.43. The minimum atomic E-state index is -0.769. The predicted molar refractivity (Wildman–Crippen MR) is 52.2 cm³/mol. The molecule has 0 nitrogen and oxygen atoms in total. The summed E-state index contributed by atoms with van der Waals surface area (Å²) in [4.78, 5) is 0. The van der Waals surface area contributed by atoms with Gasteiger partial charge in [-0.1, -0.05) is 37.3 Å². The Morgan fingerprint density at radius 3 is 2.00 bits per heavy atom. The van der Waals surface area contributed by atoms with Gasteiger partial charge in [0.1, 0.15) is 0 Å². The molecule has 0 heterocycles. The Morgan fingerprint density at radius 1 is 1.20 bits per heavy atom. The summed E-state index contributed by atoms with van der Waals surface area (Å²) < 4.78 is 0. The van der Waals surface area contributed by atoms with E-state index in [1.807, 2.05) is 0 Å². The SMILES string of the molecule is CC(C)=CCC[Si](C)(C)C. The van der Waals surface area contributed by atoms with Crippen LogP contribution in [0.15, 0.2) is 11.6 Å². The maximum atomic E-state index is 2.42. The summed E-state index contributed by atoms with van der Waals surface area (Å²) in [7, 11) is -0.769. The van der Waals surface area contributed by atoms with Crippen molar-refractivity contribution in [3.63, 3.8) is 0 Å². The zero-order valence-electron chi connectivity index (χ0n) is 7.99. The first-order chi connectivity index (χ1) is 4.42. The molecule has 0 fully saturated rings. The average Bonchev–Trinajstić information content (AvgIpc) is 1.59. The molecule has 0 aromatic heterocycles. The van der Waals surface area contributed by atoms with Crippen LogP contribution >= 0.6 is 0 Å². The highest BCUT2D eigenvalue weighted by Gasteiger charge is 2.10. The van der Waals surface area contributed by atoms with E-state index in [0.717, 1.165) is 0 Å². The van der Waals surface area contributed by atoms with Crippen molar-refractivity contribution in [2.75, 3.05) is 0 Å². The molecule has 0 radical (unpaired) electrons. The van der Waals surface area contributed by atoms with Crippen LogP contribution in [0.3, 0.4) is 0 Å². The summed E-state index contributed by atoms with van der Waals surface area (Å²) in [5.74, 6) is 0. The van der Waals surface area contributed by atoms with Crippen LogP contribution in [0.25, 0.3) is 0 Å². The van der Waals surface area contributed by atoms with Gasteiger partial charge in [0, 0.05) is 8.07 Å². The summed E-state index contributed by atoms with van der Waals surface area (Å²) in [6.45, 7) is 11.6. The fourth-order valence-corrected chi connectivity index (χ4v) is 1.80. The highest BCUT2D eigenvalue weighted by Crippen LogP contribution is 2.11. The molecular weight excluding hydrogens is 136 g/mol. The van der Waals surface area contributed by atoms with Gasteiger partial charge in [0.15, 0.2) is 0 Å². The predicted octanol–water partition coefficient (Wildman–Crippen LogP) is 3.68. The third-order valence-electron chi connectivity index (χ3n) is 1.45. The molecule has 0 aliphatic rings. The maximum Gasteiger partial charge on any atom is 0.0445 e. The van der Waals surface area contributed by atoms with E-state index in [4.69, 9.17) is 0 Å². The highest BCUT2D eigenvalue weighted by atomic mass is 28.3. The molecule has 0 spiro atoms. The van der Waals surface area contributed by atoms with Gasteiger partial charge in [-0.15, -0.1) is 0 Å². The number of hydrogen-bond donors (Lipinski definition) is 0. The first-order valence-corrected chi connectivity index (χ1v) is 7.76. The minimum Gasteiger partial charge on any atom is -0.0862 e. The number of hydrogen-bond acceptors (Lipinski definition) is 0. The molecular formula is C9H20Si. The molecule has 0 N–H and O–H groups in total. The number of rotatable bonds is 3. The third kappa shape index (κ3) is 7.96. The summed E-state index contributed by atoms with van der Waals surface area (Å²) in [5.41, 5.74) is 1.46. The molecule has 1 heteroatoms. The lowest BCUT2D eigenvalue weighted by molar-refractivity contribution is 1.13. The quantitative estimate of drug-likeness (QED) is 0.432. The molecule has 0 atom stereocenters. The molecule has 0 aliphatic heterocycles. The lowest BCUT2D eigenvalue weighted by Gasteiger charge is -2.13. The topological polar surface area (TPSA) is 0 Å². The van der Waals surface area contributed by atoms with E-state index < -0.39 is 8.07 Å². The van der Waals surface area contributed by atoms with Crippen LogP contribution in [-0.2, 0) is 0 Å². The zero-order chi connectivity index (χ0) is 8.20. The molecule has 0 aromatic rings. The van der Waals surface area contributed by atoms with Gasteiger partial charge in [0.2, 0.25) is 0 Å². The van der Waals surface area contributed by atoms with Crippen LogP contribution in [0.5, 0.6) is 0 Å². The average molecular weight is 156 g/mol. The van der Waals surface area contributed by atoms with Gasteiger partial charge in [-0.3, -0.25) is 0 Å². The Hall–Kier alpha value is -0.0431. The van der Waals surface area contributed by atoms with Crippen LogP contribution in [-0.4, -0.2) is 8.07 Å². The number of allylic oxidation sites excluding steroid dienone is 2. The normalized spacial score (nSPS) is 11.3. The van der Waals surface area contributed by atoms with Crippen molar-refractivity contribution in [3.05, 3.63) is 11.6 Å². The second-order valence-corrected chi connectivity index (χ2v) is 10.0. The first-order valence-electron chi connectivity index (χ1n) is 4.05. The van der Waals surface area contributed by atoms with Gasteiger partial charge in [-0.25, -0.2) is 0 Å². The first kappa shape index (κ1) is 9.96. The van der Waals surface area contributed by atoms with Crippen molar-refractivity contribution in [1.29, 1.82) is 0 Å². The van der Waals surface area contributed by atoms with Crippen LogP contribution in [0.2, 0.25) is 25.7 Å². The smallest absolute Gasteiger partial charge is 0.0445 e. The highest BCUT2D eigenvalue weighted by molar-refractivity contribution is 6.76. The standard InChI is InChI=1S/C9H20Si/c1-9(2)7-6-8-10(3,4)5/h7H,6,8H2,1-5H3. The molecule has 0 amide bonds. The van der Waals surface area contributed by atoms with Crippen molar-refractivity contribution in [1.82, 2.24) is 0 Å². The van der Waals surface area contributed by atoms with Gasteiger partial charge in [-0.2, -0.15) is 0 Å². The van der Waals surface area contributed by atoms with E-state index in [0.29, 0.717) is 0 Å².